The van der Waals surface area contributed by atoms with Gasteiger partial charge in [-0.3, -0.25) is 0 Å². The average molecular weight is 1110 g/mol. The van der Waals surface area contributed by atoms with Gasteiger partial charge in [0.2, 0.25) is 0 Å². The molecule has 0 atom stereocenters. The summed E-state index contributed by atoms with van der Waals surface area (Å²) in [6, 6.07) is 12.8. The largest absolute Gasteiger partial charge is 0.394 e. The minimum atomic E-state index is -4.14. The van der Waals surface area contributed by atoms with Crippen molar-refractivity contribution in [3.05, 3.63) is 128 Å². The minimum absolute atomic E-state index is 0. The molecule has 6 aromatic heterocycles. The molecule has 6 aromatic rings. The van der Waals surface area contributed by atoms with Crippen molar-refractivity contribution in [1.29, 1.82) is 0 Å². The Labute approximate surface area is 452 Å². The molecule has 0 saturated carbocycles. The van der Waals surface area contributed by atoms with Gasteiger partial charge in [-0.2, -0.15) is 26.3 Å². The summed E-state index contributed by atoms with van der Waals surface area (Å²) in [4.78, 5) is 15.5. The molecule has 0 N–H and O–H groups in total. The fraction of sp³-hybridized carbons (Fsp3) is 0.593. The number of rotatable bonds is 6. The Morgan fingerprint density at radius 3 is 0.592 bits per heavy atom. The first-order chi connectivity index (χ1) is 31.4. The van der Waals surface area contributed by atoms with E-state index in [1.807, 2.05) is 85.2 Å². The van der Waals surface area contributed by atoms with Crippen LogP contribution in [0.25, 0.3) is 0 Å². The third-order valence-electron chi connectivity index (χ3n) is 11.6. The van der Waals surface area contributed by atoms with Gasteiger partial charge >= 0.3 is 12.4 Å². The Morgan fingerprint density at radius 1 is 0.296 bits per heavy atom. The normalized spacial score (nSPS) is 11.9. The molecule has 0 bridgehead atoms. The van der Waals surface area contributed by atoms with Crippen molar-refractivity contribution in [3.63, 3.8) is 0 Å². The van der Waals surface area contributed by atoms with Crippen molar-refractivity contribution >= 4 is 68.0 Å². The van der Waals surface area contributed by atoms with E-state index in [4.69, 9.17) is 0 Å². The molecule has 12 heteroatoms. The Bertz CT molecular complexity index is 2200. The minimum Gasteiger partial charge on any atom is -0.171 e. The van der Waals surface area contributed by atoms with E-state index in [9.17, 15) is 26.3 Å². The molecular weight excluding hydrogens is 1020 g/mol. The molecule has 0 nitrogen and oxygen atoms in total. The first-order valence-electron chi connectivity index (χ1n) is 23.9. The first kappa shape index (κ1) is 68.8. The summed E-state index contributed by atoms with van der Waals surface area (Å²) in [7, 11) is 0. The standard InChI is InChI=1S/2C11H15F3S.2C11H18S.2C7H10S.CH4/c2*1-7-5-9(15-8(7)2)6-10(3,4)11(12,13)14;2*1-8-6-10(12-9(8)2)7-11(3,4)5;2*1-5-4-6(2)8-7(5)3;/h2*5H,6H2,1-4H3;2*6H,7H2,1-5H3;2*4H,1-3H3;1H4. The van der Waals surface area contributed by atoms with E-state index in [-0.39, 0.29) is 20.3 Å². The second-order valence-corrected chi connectivity index (χ2v) is 30.9. The van der Waals surface area contributed by atoms with Gasteiger partial charge < -0.3 is 0 Å². The fourth-order valence-corrected chi connectivity index (χ4v) is 13.7. The number of hydrogen-bond acceptors (Lipinski definition) is 6. The highest BCUT2D eigenvalue weighted by molar-refractivity contribution is 7.13. The SMILES string of the molecule is C.Cc1cc(C)c(C)s1.Cc1cc(C)c(C)s1.Cc1cc(CC(C)(C)C(F)(F)F)sc1C.Cc1cc(CC(C)(C)C(F)(F)F)sc1C.Cc1cc(CC(C)(C)C)sc1C.Cc1cc(CC(C)(C)C)sc1C. The van der Waals surface area contributed by atoms with E-state index in [1.165, 1.54) is 124 Å². The predicted molar refractivity (Wildman–Crippen MR) is 312 cm³/mol. The molecule has 0 aromatic carbocycles. The van der Waals surface area contributed by atoms with Crippen LogP contribution in [0.1, 0.15) is 169 Å². The molecule has 0 unspecified atom stereocenters. The van der Waals surface area contributed by atoms with Crippen LogP contribution in [0.5, 0.6) is 0 Å². The van der Waals surface area contributed by atoms with E-state index in [2.05, 4.69) is 135 Å². The molecule has 0 aliphatic rings. The van der Waals surface area contributed by atoms with Crippen LogP contribution in [0.15, 0.2) is 36.4 Å². The monoisotopic (exact) mass is 1100 g/mol. The number of thiophene rings is 6. The van der Waals surface area contributed by atoms with Crippen LogP contribution in [-0.4, -0.2) is 12.4 Å². The molecule has 0 amide bonds. The number of aryl methyl sites for hydroxylation is 14. The van der Waals surface area contributed by atoms with Crippen LogP contribution >= 0.6 is 68.0 Å². The zero-order chi connectivity index (χ0) is 54.7. The Kier molecular flexibility index (Phi) is 27.2. The molecule has 0 saturated heterocycles. The number of halogens is 6. The Hall–Kier alpha value is -2.22. The molecule has 0 aliphatic heterocycles. The van der Waals surface area contributed by atoms with Crippen molar-refractivity contribution in [2.75, 3.05) is 0 Å². The number of hydrogen-bond donors (Lipinski definition) is 0. The summed E-state index contributed by atoms with van der Waals surface area (Å²) in [5, 5.41) is 0. The molecule has 0 aliphatic carbocycles. The van der Waals surface area contributed by atoms with Crippen LogP contribution in [0.4, 0.5) is 26.3 Å². The lowest BCUT2D eigenvalue weighted by molar-refractivity contribution is -0.211. The summed E-state index contributed by atoms with van der Waals surface area (Å²) < 4.78 is 75.8. The molecular formula is C59H90F6S6. The van der Waals surface area contributed by atoms with Gasteiger partial charge in [-0.15, -0.1) is 68.0 Å². The van der Waals surface area contributed by atoms with Crippen molar-refractivity contribution in [1.82, 2.24) is 0 Å². The smallest absolute Gasteiger partial charge is 0.171 e. The summed E-state index contributed by atoms with van der Waals surface area (Å²) in [6.07, 6.45) is -5.75. The van der Waals surface area contributed by atoms with E-state index in [1.54, 1.807) is 0 Å². The number of alkyl halides is 6. The molecule has 6 heterocycles. The second kappa shape index (κ2) is 28.1. The highest BCUT2D eigenvalue weighted by atomic mass is 32.1. The third-order valence-corrected chi connectivity index (χ3v) is 18.4. The van der Waals surface area contributed by atoms with Gasteiger partial charge in [-0.1, -0.05) is 76.7 Å². The highest BCUT2D eigenvalue weighted by Gasteiger charge is 2.48. The van der Waals surface area contributed by atoms with Crippen LogP contribution in [-0.2, 0) is 25.7 Å². The van der Waals surface area contributed by atoms with Crippen LogP contribution < -0.4 is 0 Å². The summed E-state index contributed by atoms with van der Waals surface area (Å²) in [6.45, 7) is 48.1. The fourth-order valence-electron chi connectivity index (χ4n) is 6.58. The quantitative estimate of drug-likeness (QED) is 0.146. The lowest BCUT2D eigenvalue weighted by Crippen LogP contribution is -2.33. The van der Waals surface area contributed by atoms with E-state index >= 15 is 0 Å². The van der Waals surface area contributed by atoms with Gasteiger partial charge in [0, 0.05) is 58.5 Å². The van der Waals surface area contributed by atoms with Gasteiger partial charge in [0.15, 0.2) is 0 Å². The maximum absolute atomic E-state index is 12.6. The van der Waals surface area contributed by atoms with Crippen molar-refractivity contribution < 1.29 is 26.3 Å². The van der Waals surface area contributed by atoms with Crippen LogP contribution in [0.3, 0.4) is 0 Å². The van der Waals surface area contributed by atoms with Gasteiger partial charge in [-0.25, -0.2) is 0 Å². The molecule has 6 rings (SSSR count). The predicted octanol–water partition coefficient (Wildman–Crippen LogP) is 22.9. The highest BCUT2D eigenvalue weighted by Crippen LogP contribution is 2.43. The van der Waals surface area contributed by atoms with Crippen molar-refractivity contribution in [3.8, 4) is 0 Å². The lowest BCUT2D eigenvalue weighted by atomic mass is 9.88. The topological polar surface area (TPSA) is 0 Å². The zero-order valence-electron chi connectivity index (χ0n) is 47.0. The summed E-state index contributed by atoms with van der Waals surface area (Å²) >= 11 is 10.5. The lowest BCUT2D eigenvalue weighted by Gasteiger charge is -2.26. The van der Waals surface area contributed by atoms with Crippen LogP contribution in [0.2, 0.25) is 0 Å². The van der Waals surface area contributed by atoms with Crippen LogP contribution in [0, 0.1) is 119 Å². The molecule has 0 radical (unpaired) electrons. The van der Waals surface area contributed by atoms with E-state index < -0.39 is 23.2 Å². The third kappa shape index (κ3) is 25.2. The van der Waals surface area contributed by atoms with E-state index in [0.29, 0.717) is 10.8 Å². The van der Waals surface area contributed by atoms with Gasteiger partial charge in [-0.05, 0) is 203 Å². The van der Waals surface area contributed by atoms with Crippen molar-refractivity contribution in [2.24, 2.45) is 21.7 Å². The second-order valence-electron chi connectivity index (χ2n) is 22.6. The summed E-state index contributed by atoms with van der Waals surface area (Å²) in [5.41, 5.74) is 5.44. The van der Waals surface area contributed by atoms with Crippen molar-refractivity contribution in [2.45, 2.75) is 212 Å². The van der Waals surface area contributed by atoms with Gasteiger partial charge in [0.25, 0.3) is 0 Å². The first-order valence-corrected chi connectivity index (χ1v) is 28.8. The Morgan fingerprint density at radius 2 is 0.479 bits per heavy atom. The summed E-state index contributed by atoms with van der Waals surface area (Å²) in [5.74, 6) is 0. The van der Waals surface area contributed by atoms with Gasteiger partial charge in [0.1, 0.15) is 0 Å². The maximum Gasteiger partial charge on any atom is 0.394 e. The van der Waals surface area contributed by atoms with Gasteiger partial charge in [0.05, 0.1) is 10.8 Å². The molecule has 0 fully saturated rings. The molecule has 0 spiro atoms. The maximum atomic E-state index is 12.6. The zero-order valence-corrected chi connectivity index (χ0v) is 51.9. The Balaban J connectivity index is 0.000000838. The molecule has 71 heavy (non-hydrogen) atoms. The average Bonchev–Trinajstić information content (AvgIpc) is 3.96. The molecule has 404 valence electrons. The van der Waals surface area contributed by atoms with E-state index in [0.717, 1.165) is 30.6 Å².